The van der Waals surface area contributed by atoms with Crippen LogP contribution in [0.25, 0.3) is 0 Å². The predicted molar refractivity (Wildman–Crippen MR) is 75.3 cm³/mol. The number of carbonyl (C=O) groups is 1. The van der Waals surface area contributed by atoms with Crippen molar-refractivity contribution < 1.29 is 4.79 Å². The molecule has 0 bridgehead atoms. The number of carbonyl (C=O) groups excluding carboxylic acids is 1. The highest BCUT2D eigenvalue weighted by atomic mass is 16.1. The molecule has 0 atom stereocenters. The van der Waals surface area contributed by atoms with E-state index in [1.54, 1.807) is 6.20 Å². The Morgan fingerprint density at radius 2 is 1.79 bits per heavy atom. The number of fused-ring (bicyclic) bond motifs is 1. The molecule has 2 aromatic rings. The number of benzene rings is 1. The van der Waals surface area contributed by atoms with Crippen LogP contribution in [0.5, 0.6) is 0 Å². The van der Waals surface area contributed by atoms with Gasteiger partial charge in [0.25, 0.3) is 0 Å². The first-order valence-corrected chi connectivity index (χ1v) is 6.28. The minimum atomic E-state index is 0.103. The van der Waals surface area contributed by atoms with Gasteiger partial charge in [0.1, 0.15) is 0 Å². The van der Waals surface area contributed by atoms with E-state index in [0.29, 0.717) is 17.8 Å². The lowest BCUT2D eigenvalue weighted by molar-refractivity contribution is 0.0999. The average Bonchev–Trinajstić information content (AvgIpc) is 2.39. The molecule has 19 heavy (non-hydrogen) atoms. The molecule has 2 heterocycles. The summed E-state index contributed by atoms with van der Waals surface area (Å²) in [5.74, 6) is 0.651. The van der Waals surface area contributed by atoms with E-state index < -0.39 is 0 Å². The highest BCUT2D eigenvalue weighted by Gasteiger charge is 2.23. The molecule has 0 radical (unpaired) electrons. The number of nitrogens with zero attached hydrogens (tertiary/aromatic N) is 2. The van der Waals surface area contributed by atoms with E-state index in [2.05, 4.69) is 9.98 Å². The maximum Gasteiger partial charge on any atom is 0.172 e. The maximum absolute atomic E-state index is 12.2. The maximum atomic E-state index is 12.2. The number of ketones is 1. The van der Waals surface area contributed by atoms with Gasteiger partial charge in [-0.05, 0) is 31.0 Å². The van der Waals surface area contributed by atoms with Gasteiger partial charge in [-0.1, -0.05) is 29.8 Å². The van der Waals surface area contributed by atoms with Gasteiger partial charge >= 0.3 is 0 Å². The van der Waals surface area contributed by atoms with Crippen LogP contribution in [0.4, 0.5) is 5.82 Å². The third kappa shape index (κ3) is 2.08. The van der Waals surface area contributed by atoms with Crippen LogP contribution in [0.3, 0.4) is 0 Å². The van der Waals surface area contributed by atoms with Gasteiger partial charge in [-0.25, -0.2) is 9.98 Å². The highest BCUT2D eigenvalue weighted by molar-refractivity contribution is 6.20. The van der Waals surface area contributed by atoms with E-state index in [1.807, 2.05) is 44.2 Å². The average molecular weight is 250 g/mol. The van der Waals surface area contributed by atoms with Gasteiger partial charge in [0.2, 0.25) is 0 Å². The SMILES string of the molecule is Cc1ccc(C2=Nc3nccc(C)c3C(=O)C2)cc1. The summed E-state index contributed by atoms with van der Waals surface area (Å²) in [5, 5.41) is 0. The Kier molecular flexibility index (Phi) is 2.75. The predicted octanol–water partition coefficient (Wildman–Crippen LogP) is 3.41. The molecule has 1 aromatic carbocycles. The first-order chi connectivity index (χ1) is 9.15. The first-order valence-electron chi connectivity index (χ1n) is 6.28. The summed E-state index contributed by atoms with van der Waals surface area (Å²) in [4.78, 5) is 21.0. The number of hydrogen-bond donors (Lipinski definition) is 0. The molecule has 3 rings (SSSR count). The van der Waals surface area contributed by atoms with E-state index in [4.69, 9.17) is 0 Å². The van der Waals surface area contributed by atoms with E-state index in [0.717, 1.165) is 16.8 Å². The van der Waals surface area contributed by atoms with Crippen LogP contribution in [0, 0.1) is 13.8 Å². The normalized spacial score (nSPS) is 14.0. The Labute approximate surface area is 112 Å². The van der Waals surface area contributed by atoms with Crippen LogP contribution in [-0.4, -0.2) is 16.5 Å². The van der Waals surface area contributed by atoms with Crippen molar-refractivity contribution in [2.24, 2.45) is 4.99 Å². The van der Waals surface area contributed by atoms with Crippen LogP contribution in [-0.2, 0) is 0 Å². The fraction of sp³-hybridized carbons (Fsp3) is 0.188. The lowest BCUT2D eigenvalue weighted by Crippen LogP contribution is -2.16. The van der Waals surface area contributed by atoms with Crippen LogP contribution in [0.2, 0.25) is 0 Å². The second-order valence-electron chi connectivity index (χ2n) is 4.85. The molecule has 1 aliphatic heterocycles. The molecule has 0 N–H and O–H groups in total. The summed E-state index contributed by atoms with van der Waals surface area (Å²) >= 11 is 0. The Balaban J connectivity index is 2.11. The molecule has 0 aliphatic carbocycles. The van der Waals surface area contributed by atoms with Crippen molar-refractivity contribution in [3.63, 3.8) is 0 Å². The fourth-order valence-electron chi connectivity index (χ4n) is 2.29. The summed E-state index contributed by atoms with van der Waals surface area (Å²) in [6.07, 6.45) is 2.05. The van der Waals surface area contributed by atoms with Gasteiger partial charge in [-0.3, -0.25) is 4.79 Å². The fourth-order valence-corrected chi connectivity index (χ4v) is 2.29. The van der Waals surface area contributed by atoms with Crippen molar-refractivity contribution in [1.82, 2.24) is 4.98 Å². The van der Waals surface area contributed by atoms with Crippen molar-refractivity contribution in [2.45, 2.75) is 20.3 Å². The standard InChI is InChI=1S/C16H14N2O/c1-10-3-5-12(6-4-10)13-9-14(19)15-11(2)7-8-17-16(15)18-13/h3-8H,9H2,1-2H3. The number of aromatic nitrogens is 1. The molecule has 0 amide bonds. The minimum Gasteiger partial charge on any atom is -0.294 e. The minimum absolute atomic E-state index is 0.103. The summed E-state index contributed by atoms with van der Waals surface area (Å²) in [6, 6.07) is 9.91. The number of Topliss-reactive ketones (excluding diaryl/α,β-unsaturated/α-hetero) is 1. The number of hydrogen-bond acceptors (Lipinski definition) is 3. The highest BCUT2D eigenvalue weighted by Crippen LogP contribution is 2.27. The molecule has 0 unspecified atom stereocenters. The van der Waals surface area contributed by atoms with Crippen LogP contribution < -0.4 is 0 Å². The van der Waals surface area contributed by atoms with Crippen LogP contribution >= 0.6 is 0 Å². The monoisotopic (exact) mass is 250 g/mol. The van der Waals surface area contributed by atoms with Crippen molar-refractivity contribution in [3.05, 3.63) is 58.8 Å². The summed E-state index contributed by atoms with van der Waals surface area (Å²) in [6.45, 7) is 3.96. The third-order valence-corrected chi connectivity index (χ3v) is 3.37. The number of aliphatic imine (C=N–C) groups is 1. The molecule has 0 saturated carbocycles. The largest absolute Gasteiger partial charge is 0.294 e. The van der Waals surface area contributed by atoms with Crippen molar-refractivity contribution in [1.29, 1.82) is 0 Å². The summed E-state index contributed by atoms with van der Waals surface area (Å²) in [7, 11) is 0. The molecule has 0 fully saturated rings. The third-order valence-electron chi connectivity index (χ3n) is 3.37. The zero-order valence-electron chi connectivity index (χ0n) is 11.0. The topological polar surface area (TPSA) is 42.3 Å². The Hall–Kier alpha value is -2.29. The van der Waals surface area contributed by atoms with Gasteiger partial charge < -0.3 is 0 Å². The van der Waals surface area contributed by atoms with Gasteiger partial charge in [-0.15, -0.1) is 0 Å². The molecule has 0 spiro atoms. The van der Waals surface area contributed by atoms with E-state index in [9.17, 15) is 4.79 Å². The van der Waals surface area contributed by atoms with Crippen molar-refractivity contribution >= 4 is 17.3 Å². The molecule has 0 saturated heterocycles. The Bertz CT molecular complexity index is 684. The number of aryl methyl sites for hydroxylation is 2. The summed E-state index contributed by atoms with van der Waals surface area (Å²) in [5.41, 5.74) is 4.60. The Morgan fingerprint density at radius 1 is 1.05 bits per heavy atom. The van der Waals surface area contributed by atoms with Crippen molar-refractivity contribution in [2.75, 3.05) is 0 Å². The van der Waals surface area contributed by atoms with Crippen LogP contribution in [0.1, 0.15) is 33.5 Å². The molecule has 3 nitrogen and oxygen atoms in total. The Morgan fingerprint density at radius 3 is 2.53 bits per heavy atom. The molecule has 1 aromatic heterocycles. The quantitative estimate of drug-likeness (QED) is 0.778. The second kappa shape index (κ2) is 4.43. The lowest BCUT2D eigenvalue weighted by Gasteiger charge is -2.15. The number of pyridine rings is 1. The molecule has 1 aliphatic rings. The summed E-state index contributed by atoms with van der Waals surface area (Å²) < 4.78 is 0. The first kappa shape index (κ1) is 11.8. The van der Waals surface area contributed by atoms with E-state index in [-0.39, 0.29) is 5.78 Å². The van der Waals surface area contributed by atoms with E-state index >= 15 is 0 Å². The van der Waals surface area contributed by atoms with Crippen molar-refractivity contribution in [3.8, 4) is 0 Å². The zero-order valence-corrected chi connectivity index (χ0v) is 11.0. The molecule has 3 heteroatoms. The van der Waals surface area contributed by atoms with Gasteiger partial charge in [-0.2, -0.15) is 0 Å². The van der Waals surface area contributed by atoms with Gasteiger partial charge in [0.15, 0.2) is 11.6 Å². The number of rotatable bonds is 1. The molecular formula is C16H14N2O. The smallest absolute Gasteiger partial charge is 0.172 e. The zero-order chi connectivity index (χ0) is 13.4. The molecular weight excluding hydrogens is 236 g/mol. The van der Waals surface area contributed by atoms with Gasteiger partial charge in [0, 0.05) is 6.20 Å². The lowest BCUT2D eigenvalue weighted by atomic mass is 9.95. The second-order valence-corrected chi connectivity index (χ2v) is 4.85. The van der Waals surface area contributed by atoms with Crippen LogP contribution in [0.15, 0.2) is 41.5 Å². The molecule has 94 valence electrons. The van der Waals surface area contributed by atoms with E-state index in [1.165, 1.54) is 5.56 Å². The van der Waals surface area contributed by atoms with Gasteiger partial charge in [0.05, 0.1) is 17.7 Å².